The molecule has 1 aromatic heterocycles. The van der Waals surface area contributed by atoms with Gasteiger partial charge in [-0.25, -0.2) is 4.68 Å². The summed E-state index contributed by atoms with van der Waals surface area (Å²) >= 11 is 0. The van der Waals surface area contributed by atoms with Crippen molar-refractivity contribution in [3.63, 3.8) is 0 Å². The molecule has 1 aromatic carbocycles. The quantitative estimate of drug-likeness (QED) is 0.512. The van der Waals surface area contributed by atoms with Crippen LogP contribution in [0.1, 0.15) is 77.2 Å². The van der Waals surface area contributed by atoms with Gasteiger partial charge in [-0.2, -0.15) is 0 Å². The summed E-state index contributed by atoms with van der Waals surface area (Å²) in [6.07, 6.45) is 11.6. The highest BCUT2D eigenvalue weighted by molar-refractivity contribution is 5.85. The Morgan fingerprint density at radius 3 is 2.80 bits per heavy atom. The van der Waals surface area contributed by atoms with Crippen molar-refractivity contribution >= 4 is 16.8 Å². The van der Waals surface area contributed by atoms with Gasteiger partial charge in [0.2, 0.25) is 0 Å². The van der Waals surface area contributed by atoms with Gasteiger partial charge in [0.05, 0.1) is 12.1 Å². The number of para-hydroxylation sites is 1. The first kappa shape index (κ1) is 23.6. The Kier molecular flexibility index (Phi) is 5.86. The largest absolute Gasteiger partial charge is 0.384 e. The second-order valence-electron chi connectivity index (χ2n) is 13.0. The Balaban J connectivity index is 1.24. The van der Waals surface area contributed by atoms with E-state index in [1.165, 1.54) is 51.4 Å². The van der Waals surface area contributed by atoms with E-state index in [2.05, 4.69) is 37.1 Å². The zero-order valence-electron chi connectivity index (χ0n) is 22.1. The number of aromatic nitrogens is 3. The molecule has 2 aromatic rings. The van der Waals surface area contributed by atoms with Gasteiger partial charge in [-0.3, -0.25) is 4.79 Å². The van der Waals surface area contributed by atoms with E-state index in [0.717, 1.165) is 53.3 Å². The molecule has 8 atom stereocenters. The lowest BCUT2D eigenvalue weighted by molar-refractivity contribution is -0.154. The van der Waals surface area contributed by atoms with E-state index in [1.807, 2.05) is 23.9 Å². The molecule has 0 N–H and O–H groups in total. The predicted octanol–water partition coefficient (Wildman–Crippen LogP) is 6.23. The van der Waals surface area contributed by atoms with Gasteiger partial charge in [0.15, 0.2) is 5.78 Å². The van der Waals surface area contributed by atoms with Crippen molar-refractivity contribution in [3.05, 3.63) is 23.8 Å². The number of hydrogen-bond donors (Lipinski definition) is 0. The molecule has 0 bridgehead atoms. The molecule has 1 heterocycles. The Hall–Kier alpha value is -1.75. The molecule has 5 heteroatoms. The third kappa shape index (κ3) is 3.54. The van der Waals surface area contributed by atoms with Gasteiger partial charge in [-0.05, 0) is 110 Å². The first-order chi connectivity index (χ1) is 16.9. The lowest BCUT2D eigenvalue weighted by atomic mass is 9.44. The summed E-state index contributed by atoms with van der Waals surface area (Å²) in [6, 6.07) is 6.08. The van der Waals surface area contributed by atoms with Gasteiger partial charge in [0.1, 0.15) is 12.1 Å². The molecule has 4 aliphatic rings. The Morgan fingerprint density at radius 1 is 1.11 bits per heavy atom. The smallest absolute Gasteiger partial charge is 0.157 e. The van der Waals surface area contributed by atoms with Gasteiger partial charge >= 0.3 is 0 Å². The number of fused-ring (bicyclic) bond motifs is 6. The van der Waals surface area contributed by atoms with Crippen LogP contribution >= 0.6 is 0 Å². The number of hydrogen-bond acceptors (Lipinski definition) is 4. The summed E-state index contributed by atoms with van der Waals surface area (Å²) < 4.78 is 7.81. The fraction of sp³-hybridized carbons (Fsp3) is 0.767. The lowest BCUT2D eigenvalue weighted by Gasteiger charge is -2.61. The van der Waals surface area contributed by atoms with Gasteiger partial charge in [0.25, 0.3) is 0 Å². The van der Waals surface area contributed by atoms with E-state index in [9.17, 15) is 4.79 Å². The number of carbonyl (C=O) groups is 1. The van der Waals surface area contributed by atoms with Crippen molar-refractivity contribution < 1.29 is 9.53 Å². The summed E-state index contributed by atoms with van der Waals surface area (Å²) in [4.78, 5) is 13.8. The molecular weight excluding hydrogens is 434 g/mol. The van der Waals surface area contributed by atoms with Crippen LogP contribution < -0.4 is 0 Å². The van der Waals surface area contributed by atoms with Gasteiger partial charge in [0, 0.05) is 13.0 Å². The highest BCUT2D eigenvalue weighted by Gasteiger charge is 2.62. The third-order valence-electron chi connectivity index (χ3n) is 11.5. The van der Waals surface area contributed by atoms with Crippen LogP contribution in [0.15, 0.2) is 18.2 Å². The molecular formula is C30H43N3O2. The number of benzene rings is 1. The Morgan fingerprint density at radius 2 is 1.97 bits per heavy atom. The van der Waals surface area contributed by atoms with E-state index in [0.29, 0.717) is 23.7 Å². The molecule has 0 amide bonds. The van der Waals surface area contributed by atoms with E-state index < -0.39 is 0 Å². The molecule has 8 unspecified atom stereocenters. The average molecular weight is 478 g/mol. The number of carbonyl (C=O) groups excluding carboxylic acids is 1. The van der Waals surface area contributed by atoms with Crippen LogP contribution in [0.25, 0.3) is 11.0 Å². The van der Waals surface area contributed by atoms with Crippen molar-refractivity contribution in [2.24, 2.45) is 46.3 Å². The zero-order valence-corrected chi connectivity index (χ0v) is 22.1. The first-order valence-electron chi connectivity index (χ1n) is 14.2. The highest BCUT2D eigenvalue weighted by atomic mass is 16.5. The van der Waals surface area contributed by atoms with E-state index in [1.54, 1.807) is 0 Å². The second-order valence-corrected chi connectivity index (χ2v) is 13.0. The summed E-state index contributed by atoms with van der Waals surface area (Å²) in [6.45, 7) is 8.30. The van der Waals surface area contributed by atoms with Crippen molar-refractivity contribution in [2.45, 2.75) is 85.1 Å². The highest BCUT2D eigenvalue weighted by Crippen LogP contribution is 2.68. The molecule has 6 rings (SSSR count). The van der Waals surface area contributed by atoms with Gasteiger partial charge < -0.3 is 4.74 Å². The van der Waals surface area contributed by atoms with Gasteiger partial charge in [-0.15, -0.1) is 5.10 Å². The molecule has 5 nitrogen and oxygen atoms in total. The molecule has 0 radical (unpaired) electrons. The molecule has 190 valence electrons. The van der Waals surface area contributed by atoms with E-state index in [-0.39, 0.29) is 11.3 Å². The summed E-state index contributed by atoms with van der Waals surface area (Å²) in [7, 11) is 1.92. The second kappa shape index (κ2) is 8.68. The molecule has 35 heavy (non-hydrogen) atoms. The lowest BCUT2D eigenvalue weighted by Crippen LogP contribution is -2.56. The van der Waals surface area contributed by atoms with Crippen LogP contribution in [0.5, 0.6) is 0 Å². The molecule has 4 fully saturated rings. The van der Waals surface area contributed by atoms with Crippen molar-refractivity contribution in [3.8, 4) is 0 Å². The number of methoxy groups -OCH3 is 1. The van der Waals surface area contributed by atoms with Crippen LogP contribution in [-0.4, -0.2) is 34.5 Å². The number of Topliss-reactive ketones (excluding diaryl/α,β-unsaturated/α-hetero) is 1. The maximum atomic E-state index is 13.8. The topological polar surface area (TPSA) is 57.0 Å². The molecule has 0 spiro atoms. The predicted molar refractivity (Wildman–Crippen MR) is 138 cm³/mol. The van der Waals surface area contributed by atoms with Gasteiger partial charge in [-0.1, -0.05) is 37.6 Å². The number of ketones is 1. The summed E-state index contributed by atoms with van der Waals surface area (Å²) in [5.74, 6) is 4.44. The number of rotatable bonds is 5. The van der Waals surface area contributed by atoms with Crippen LogP contribution in [0, 0.1) is 53.3 Å². The minimum Gasteiger partial charge on any atom is -0.384 e. The van der Waals surface area contributed by atoms with E-state index in [4.69, 9.17) is 4.74 Å². The first-order valence-corrected chi connectivity index (χ1v) is 14.2. The Bertz CT molecular complexity index is 1110. The third-order valence-corrected chi connectivity index (χ3v) is 11.5. The summed E-state index contributed by atoms with van der Waals surface area (Å²) in [5.41, 5.74) is 3.54. The SMILES string of the molecule is COCC12CCC(C)CC1CCC1C3CCC(C(=O)Cn4nnc5cccc(C)c54)C3(C)CCC12. The zero-order chi connectivity index (χ0) is 24.4. The number of aryl methyl sites for hydroxylation is 1. The molecule has 4 aliphatic carbocycles. The monoisotopic (exact) mass is 477 g/mol. The van der Waals surface area contributed by atoms with E-state index >= 15 is 0 Å². The molecule has 4 saturated carbocycles. The maximum Gasteiger partial charge on any atom is 0.157 e. The average Bonchev–Trinajstić information content (AvgIpc) is 3.41. The number of ether oxygens (including phenoxy) is 1. The fourth-order valence-corrected chi connectivity index (χ4v) is 9.92. The van der Waals surface area contributed by atoms with Crippen LogP contribution in [0.4, 0.5) is 0 Å². The van der Waals surface area contributed by atoms with Crippen molar-refractivity contribution in [2.75, 3.05) is 13.7 Å². The summed E-state index contributed by atoms with van der Waals surface area (Å²) in [5, 5.41) is 8.70. The normalized spacial score (nSPS) is 40.8. The number of nitrogens with zero attached hydrogens (tertiary/aromatic N) is 3. The molecule has 0 aliphatic heterocycles. The van der Waals surface area contributed by atoms with Crippen molar-refractivity contribution in [1.29, 1.82) is 0 Å². The minimum absolute atomic E-state index is 0.132. The molecule has 0 saturated heterocycles. The maximum absolute atomic E-state index is 13.8. The van der Waals surface area contributed by atoms with Crippen LogP contribution in [0.3, 0.4) is 0 Å². The standard InChI is InChI=1S/C30H43N3O2/c1-19-12-15-30(18-35-4)21(16-19)8-9-22-23-10-11-25(29(23,3)14-13-24(22)30)27(34)17-33-28-20(2)6-5-7-26(28)31-32-33/h5-7,19,21-25H,8-18H2,1-4H3. The van der Waals surface area contributed by atoms with Crippen LogP contribution in [-0.2, 0) is 16.1 Å². The van der Waals surface area contributed by atoms with Crippen molar-refractivity contribution in [1.82, 2.24) is 15.0 Å². The minimum atomic E-state index is 0.132. The van der Waals surface area contributed by atoms with Crippen LogP contribution in [0.2, 0.25) is 0 Å². The fourth-order valence-electron chi connectivity index (χ4n) is 9.92. The Labute approximate surface area is 210 Å².